The molecule has 28 heavy (non-hydrogen) atoms. The van der Waals surface area contributed by atoms with Gasteiger partial charge in [-0.15, -0.1) is 0 Å². The van der Waals surface area contributed by atoms with Gasteiger partial charge in [-0.3, -0.25) is 14.6 Å². The van der Waals surface area contributed by atoms with Gasteiger partial charge in [-0.2, -0.15) is 0 Å². The lowest BCUT2D eigenvalue weighted by Gasteiger charge is -2.27. The van der Waals surface area contributed by atoms with Crippen molar-refractivity contribution in [1.29, 1.82) is 0 Å². The minimum atomic E-state index is -0.0891. The average molecular weight is 378 g/mol. The monoisotopic (exact) mass is 378 g/mol. The Morgan fingerprint density at radius 2 is 1.79 bits per heavy atom. The number of nitrogens with one attached hydrogen (secondary N) is 1. The van der Waals surface area contributed by atoms with Crippen molar-refractivity contribution in [3.8, 4) is 0 Å². The zero-order valence-corrected chi connectivity index (χ0v) is 16.0. The van der Waals surface area contributed by atoms with E-state index in [1.165, 1.54) is 6.42 Å². The molecule has 0 saturated heterocycles. The molecule has 6 heteroatoms. The van der Waals surface area contributed by atoms with Gasteiger partial charge < -0.3 is 16.0 Å². The van der Waals surface area contributed by atoms with Crippen LogP contribution in [-0.2, 0) is 11.3 Å². The molecule has 146 valence electrons. The van der Waals surface area contributed by atoms with Crippen LogP contribution in [0.2, 0.25) is 0 Å². The van der Waals surface area contributed by atoms with Crippen LogP contribution in [0, 0.1) is 17.8 Å². The van der Waals surface area contributed by atoms with E-state index in [2.05, 4.69) is 10.3 Å². The molecular weight excluding hydrogens is 352 g/mol. The number of carbonyl (C=O) groups excluding carboxylic acids is 2. The summed E-state index contributed by atoms with van der Waals surface area (Å²) in [5.41, 5.74) is 8.65. The van der Waals surface area contributed by atoms with Gasteiger partial charge in [0.05, 0.1) is 5.92 Å². The molecule has 1 heterocycles. The Morgan fingerprint density at radius 1 is 1.11 bits per heavy atom. The van der Waals surface area contributed by atoms with E-state index >= 15 is 0 Å². The zero-order valence-electron chi connectivity index (χ0n) is 16.0. The molecule has 6 nitrogen and oxygen atoms in total. The largest absolute Gasteiger partial charge is 0.352 e. The third-order valence-electron chi connectivity index (χ3n) is 6.31. The number of carbonyl (C=O) groups is 2. The summed E-state index contributed by atoms with van der Waals surface area (Å²) >= 11 is 0. The highest BCUT2D eigenvalue weighted by atomic mass is 16.2. The van der Waals surface area contributed by atoms with Gasteiger partial charge in [-0.25, -0.2) is 0 Å². The normalized spacial score (nSPS) is 25.5. The number of fused-ring (bicyclic) bond motifs is 2. The first kappa shape index (κ1) is 18.6. The summed E-state index contributed by atoms with van der Waals surface area (Å²) in [7, 11) is 1.75. The summed E-state index contributed by atoms with van der Waals surface area (Å²) in [5.74, 6) is 0.924. The predicted octanol–water partition coefficient (Wildman–Crippen LogP) is 2.35. The molecule has 1 aromatic carbocycles. The van der Waals surface area contributed by atoms with Crippen molar-refractivity contribution in [1.82, 2.24) is 10.3 Å². The number of anilines is 1. The minimum Gasteiger partial charge on any atom is -0.352 e. The van der Waals surface area contributed by atoms with Crippen LogP contribution in [0.15, 0.2) is 48.8 Å². The van der Waals surface area contributed by atoms with Gasteiger partial charge in [-0.1, -0.05) is 12.1 Å². The SMILES string of the molecule is CN(C(=O)c1ccncc1)c1ccc(CNC(=O)C2C3CCC(C3)C2N)cc1. The average Bonchev–Trinajstić information content (AvgIpc) is 3.33. The number of nitrogens with zero attached hydrogens (tertiary/aromatic N) is 2. The fraction of sp³-hybridized carbons (Fsp3) is 0.409. The first-order chi connectivity index (χ1) is 13.5. The zero-order chi connectivity index (χ0) is 19.7. The van der Waals surface area contributed by atoms with Crippen molar-refractivity contribution in [2.45, 2.75) is 31.8 Å². The standard InChI is InChI=1S/C22H26N4O2/c1-26(22(28)15-8-10-24-11-9-15)18-6-2-14(3-7-18)13-25-21(27)19-16-4-5-17(12-16)20(19)23/h2-3,6-11,16-17,19-20H,4-5,12-13,23H2,1H3,(H,25,27). The van der Waals surface area contributed by atoms with Gasteiger partial charge in [0.25, 0.3) is 5.91 Å². The Morgan fingerprint density at radius 3 is 2.43 bits per heavy atom. The van der Waals surface area contributed by atoms with E-state index in [0.717, 1.165) is 24.1 Å². The second-order valence-electron chi connectivity index (χ2n) is 7.92. The first-order valence-corrected chi connectivity index (χ1v) is 9.85. The highest BCUT2D eigenvalue weighted by Crippen LogP contribution is 2.47. The van der Waals surface area contributed by atoms with Crippen LogP contribution in [0.1, 0.15) is 35.2 Å². The van der Waals surface area contributed by atoms with Crippen LogP contribution < -0.4 is 16.0 Å². The first-order valence-electron chi connectivity index (χ1n) is 9.85. The second-order valence-corrected chi connectivity index (χ2v) is 7.92. The summed E-state index contributed by atoms with van der Waals surface area (Å²) in [6.45, 7) is 0.474. The van der Waals surface area contributed by atoms with E-state index in [1.54, 1.807) is 36.5 Å². The fourth-order valence-electron chi connectivity index (χ4n) is 4.67. The summed E-state index contributed by atoms with van der Waals surface area (Å²) in [4.78, 5) is 30.6. The number of nitrogens with two attached hydrogens (primary N) is 1. The topological polar surface area (TPSA) is 88.3 Å². The number of benzene rings is 1. The number of hydrogen-bond acceptors (Lipinski definition) is 4. The van der Waals surface area contributed by atoms with Crippen molar-refractivity contribution < 1.29 is 9.59 Å². The molecule has 4 atom stereocenters. The molecule has 1 aromatic heterocycles. The lowest BCUT2D eigenvalue weighted by Crippen LogP contribution is -2.45. The van der Waals surface area contributed by atoms with E-state index < -0.39 is 0 Å². The van der Waals surface area contributed by atoms with Crippen LogP contribution >= 0.6 is 0 Å². The lowest BCUT2D eigenvalue weighted by atomic mass is 9.84. The van der Waals surface area contributed by atoms with Crippen LogP contribution in [0.5, 0.6) is 0 Å². The van der Waals surface area contributed by atoms with E-state index in [-0.39, 0.29) is 23.8 Å². The third kappa shape index (κ3) is 3.52. The molecule has 4 rings (SSSR count). The highest BCUT2D eigenvalue weighted by molar-refractivity contribution is 6.05. The van der Waals surface area contributed by atoms with E-state index in [4.69, 9.17) is 5.73 Å². The van der Waals surface area contributed by atoms with Gasteiger partial charge in [0, 0.05) is 43.3 Å². The van der Waals surface area contributed by atoms with Crippen molar-refractivity contribution in [2.24, 2.45) is 23.5 Å². The van der Waals surface area contributed by atoms with Gasteiger partial charge in [0.2, 0.25) is 5.91 Å². The van der Waals surface area contributed by atoms with E-state index in [0.29, 0.717) is 23.9 Å². The summed E-state index contributed by atoms with van der Waals surface area (Å²) in [6.07, 6.45) is 6.61. The van der Waals surface area contributed by atoms with Crippen molar-refractivity contribution in [3.63, 3.8) is 0 Å². The maximum absolute atomic E-state index is 12.6. The molecule has 2 aliphatic carbocycles. The lowest BCUT2D eigenvalue weighted by molar-refractivity contribution is -0.127. The molecule has 0 radical (unpaired) electrons. The van der Waals surface area contributed by atoms with E-state index in [1.807, 2.05) is 24.3 Å². The molecule has 2 saturated carbocycles. The molecule has 2 amide bonds. The van der Waals surface area contributed by atoms with Crippen LogP contribution in [0.25, 0.3) is 0 Å². The van der Waals surface area contributed by atoms with Crippen molar-refractivity contribution >= 4 is 17.5 Å². The molecule has 0 aliphatic heterocycles. The Hall–Kier alpha value is -2.73. The predicted molar refractivity (Wildman–Crippen MR) is 108 cm³/mol. The van der Waals surface area contributed by atoms with E-state index in [9.17, 15) is 9.59 Å². The Labute approximate surface area is 165 Å². The van der Waals surface area contributed by atoms with Gasteiger partial charge in [0.1, 0.15) is 0 Å². The quantitative estimate of drug-likeness (QED) is 0.836. The Kier molecular flexibility index (Phi) is 5.13. The molecule has 4 unspecified atom stereocenters. The van der Waals surface area contributed by atoms with Gasteiger partial charge >= 0.3 is 0 Å². The summed E-state index contributed by atoms with van der Waals surface area (Å²) < 4.78 is 0. The van der Waals surface area contributed by atoms with Crippen molar-refractivity contribution in [2.75, 3.05) is 11.9 Å². The van der Waals surface area contributed by atoms with Gasteiger partial charge in [-0.05, 0) is 60.9 Å². The third-order valence-corrected chi connectivity index (χ3v) is 6.31. The summed E-state index contributed by atoms with van der Waals surface area (Å²) in [6, 6.07) is 11.1. The second kappa shape index (κ2) is 7.72. The molecule has 0 spiro atoms. The number of pyridine rings is 1. The number of rotatable bonds is 5. The molecule has 2 aliphatic rings. The molecular formula is C22H26N4O2. The number of amides is 2. The van der Waals surface area contributed by atoms with Crippen LogP contribution in [-0.4, -0.2) is 29.9 Å². The number of hydrogen-bond donors (Lipinski definition) is 2. The maximum Gasteiger partial charge on any atom is 0.258 e. The smallest absolute Gasteiger partial charge is 0.258 e. The summed E-state index contributed by atoms with van der Waals surface area (Å²) in [5, 5.41) is 3.05. The van der Waals surface area contributed by atoms with Crippen LogP contribution in [0.4, 0.5) is 5.69 Å². The molecule has 2 aromatic rings. The number of aromatic nitrogens is 1. The Balaban J connectivity index is 1.34. The van der Waals surface area contributed by atoms with Gasteiger partial charge in [0.15, 0.2) is 0 Å². The maximum atomic E-state index is 12.6. The fourth-order valence-corrected chi connectivity index (χ4v) is 4.67. The molecule has 2 fully saturated rings. The highest BCUT2D eigenvalue weighted by Gasteiger charge is 2.48. The Bertz CT molecular complexity index is 851. The molecule has 2 bridgehead atoms. The van der Waals surface area contributed by atoms with Crippen LogP contribution in [0.3, 0.4) is 0 Å². The van der Waals surface area contributed by atoms with Crippen molar-refractivity contribution in [3.05, 3.63) is 59.9 Å². The minimum absolute atomic E-state index is 0.00831. The molecule has 3 N–H and O–H groups in total.